The van der Waals surface area contributed by atoms with Crippen LogP contribution in [0.1, 0.15) is 42.5 Å². The van der Waals surface area contributed by atoms with Gasteiger partial charge in [-0.3, -0.25) is 4.79 Å². The van der Waals surface area contributed by atoms with E-state index in [1.165, 1.54) is 7.11 Å². The average molecular weight is 603 g/mol. The number of para-hydroxylation sites is 1. The Balaban J connectivity index is 0.000000541. The summed E-state index contributed by atoms with van der Waals surface area (Å²) in [6, 6.07) is 13.3. The number of nitrogens with two attached hydrogens (primary N) is 1. The molecule has 1 aliphatic heterocycles. The van der Waals surface area contributed by atoms with Gasteiger partial charge < -0.3 is 29.4 Å². The maximum atomic E-state index is 13.9. The summed E-state index contributed by atoms with van der Waals surface area (Å²) >= 11 is 0. The van der Waals surface area contributed by atoms with E-state index in [1.807, 2.05) is 24.4 Å². The number of alkyl halides is 3. The van der Waals surface area contributed by atoms with Crippen LogP contribution in [0.5, 0.6) is 0 Å². The maximum Gasteiger partial charge on any atom is 0.490 e. The van der Waals surface area contributed by atoms with Gasteiger partial charge in [0.15, 0.2) is 0 Å². The van der Waals surface area contributed by atoms with Gasteiger partial charge in [0.1, 0.15) is 5.69 Å². The van der Waals surface area contributed by atoms with Crippen LogP contribution < -0.4 is 11.3 Å². The molecule has 2 aromatic heterocycles. The Morgan fingerprint density at radius 2 is 1.88 bits per heavy atom. The fraction of sp³-hybridized carbons (Fsp3) is 0.400. The second kappa shape index (κ2) is 13.8. The first-order chi connectivity index (χ1) is 20.5. The molecule has 3 N–H and O–H groups in total. The Bertz CT molecular complexity index is 1660. The number of rotatable bonds is 9. The van der Waals surface area contributed by atoms with Gasteiger partial charge in [0.05, 0.1) is 29.8 Å². The van der Waals surface area contributed by atoms with Crippen molar-refractivity contribution in [2.24, 2.45) is 5.73 Å². The molecule has 0 amide bonds. The molecule has 13 heteroatoms. The number of hydrogen-bond donors (Lipinski definition) is 2. The first-order valence-electron chi connectivity index (χ1n) is 13.9. The molecule has 1 saturated heterocycles. The number of fused-ring (bicyclic) bond motifs is 2. The Labute approximate surface area is 244 Å². The molecular formula is C30H33F3N4O6. The van der Waals surface area contributed by atoms with Crippen LogP contribution in [0, 0.1) is 0 Å². The standard InChI is InChI=1S/C28H32N4O4.C2HF3O2/c1-35-28(34)19-11-12-23-25(16-19)32(14-6-2-5-13-29)27(33)26(30-23)22-18-31(17-20-8-7-15-36-20)24-10-4-3-9-21(22)24;3-2(4,5)1(6)7/h3-4,9-12,16,18,20H,2,5-8,13-15,17,29H2,1H3;(H,6,7). The Morgan fingerprint density at radius 3 is 2.53 bits per heavy atom. The fourth-order valence-corrected chi connectivity index (χ4v) is 5.07. The summed E-state index contributed by atoms with van der Waals surface area (Å²) in [4.78, 5) is 39.8. The summed E-state index contributed by atoms with van der Waals surface area (Å²) in [6.07, 6.45) is 1.85. The normalized spacial score (nSPS) is 15.0. The predicted octanol–water partition coefficient (Wildman–Crippen LogP) is 4.75. The number of carboxylic acids is 1. The number of benzene rings is 2. The van der Waals surface area contributed by atoms with Gasteiger partial charge in [-0.25, -0.2) is 14.6 Å². The van der Waals surface area contributed by atoms with E-state index >= 15 is 0 Å². The van der Waals surface area contributed by atoms with E-state index in [-0.39, 0.29) is 11.7 Å². The number of nitrogens with zero attached hydrogens (tertiary/aromatic N) is 3. The van der Waals surface area contributed by atoms with E-state index < -0.39 is 18.1 Å². The number of hydrogen-bond acceptors (Lipinski definition) is 7. The molecule has 1 fully saturated rings. The van der Waals surface area contributed by atoms with Crippen LogP contribution in [-0.2, 0) is 27.4 Å². The lowest BCUT2D eigenvalue weighted by atomic mass is 10.1. The highest BCUT2D eigenvalue weighted by molar-refractivity contribution is 5.97. The smallest absolute Gasteiger partial charge is 0.475 e. The van der Waals surface area contributed by atoms with E-state index in [0.717, 1.165) is 61.7 Å². The van der Waals surface area contributed by atoms with Gasteiger partial charge in [-0.05, 0) is 56.5 Å². The first kappa shape index (κ1) is 31.7. The minimum absolute atomic E-state index is 0.169. The molecule has 1 unspecified atom stereocenters. The average Bonchev–Trinajstić information content (AvgIpc) is 3.63. The SMILES string of the molecule is COC(=O)c1ccc2nc(-c3cn(CC4CCCO4)c4ccccc34)c(=O)n(CCCCCN)c2c1.O=C(O)C(F)(F)F. The number of methoxy groups -OCH3 is 1. The van der Waals surface area contributed by atoms with Crippen molar-refractivity contribution in [2.45, 2.75) is 57.5 Å². The van der Waals surface area contributed by atoms with E-state index in [4.69, 9.17) is 30.1 Å². The van der Waals surface area contributed by atoms with Crippen molar-refractivity contribution >= 4 is 33.9 Å². The van der Waals surface area contributed by atoms with Crippen molar-refractivity contribution < 1.29 is 37.3 Å². The highest BCUT2D eigenvalue weighted by Crippen LogP contribution is 2.30. The first-order valence-corrected chi connectivity index (χ1v) is 13.9. The molecule has 3 heterocycles. The summed E-state index contributed by atoms with van der Waals surface area (Å²) in [5.74, 6) is -3.20. The number of carbonyl (C=O) groups is 2. The lowest BCUT2D eigenvalue weighted by molar-refractivity contribution is -0.192. The van der Waals surface area contributed by atoms with Crippen LogP contribution in [0.25, 0.3) is 33.2 Å². The van der Waals surface area contributed by atoms with E-state index in [2.05, 4.69) is 10.6 Å². The summed E-state index contributed by atoms with van der Waals surface area (Å²) in [5, 5.41) is 8.11. The fourth-order valence-electron chi connectivity index (χ4n) is 5.07. The lowest BCUT2D eigenvalue weighted by Crippen LogP contribution is -2.24. The van der Waals surface area contributed by atoms with Crippen LogP contribution >= 0.6 is 0 Å². The maximum absolute atomic E-state index is 13.9. The number of ether oxygens (including phenoxy) is 2. The van der Waals surface area contributed by atoms with Crippen molar-refractivity contribution in [1.82, 2.24) is 14.1 Å². The molecule has 10 nitrogen and oxygen atoms in total. The van der Waals surface area contributed by atoms with Crippen LogP contribution in [0.15, 0.2) is 53.5 Å². The molecule has 2 aromatic carbocycles. The van der Waals surface area contributed by atoms with Crippen LogP contribution in [0.2, 0.25) is 0 Å². The van der Waals surface area contributed by atoms with Crippen LogP contribution in [0.4, 0.5) is 13.2 Å². The Kier molecular flexibility index (Phi) is 10.2. The molecule has 0 radical (unpaired) electrons. The van der Waals surface area contributed by atoms with E-state index in [1.54, 1.807) is 22.8 Å². The zero-order valence-electron chi connectivity index (χ0n) is 23.6. The zero-order valence-corrected chi connectivity index (χ0v) is 23.6. The topological polar surface area (TPSA) is 139 Å². The molecule has 0 aliphatic carbocycles. The number of unbranched alkanes of at least 4 members (excludes halogenated alkanes) is 2. The third-order valence-corrected chi connectivity index (χ3v) is 7.16. The molecule has 1 atom stereocenters. The van der Waals surface area contributed by atoms with Crippen LogP contribution in [0.3, 0.4) is 0 Å². The molecule has 230 valence electrons. The highest BCUT2D eigenvalue weighted by Gasteiger charge is 2.38. The number of carboxylic acid groups (broad SMARTS) is 1. The quantitative estimate of drug-likeness (QED) is 0.207. The van der Waals surface area contributed by atoms with Gasteiger partial charge in [-0.1, -0.05) is 24.6 Å². The molecule has 5 rings (SSSR count). The Hall–Kier alpha value is -4.23. The number of aromatic nitrogens is 3. The van der Waals surface area contributed by atoms with Crippen molar-refractivity contribution in [1.29, 1.82) is 0 Å². The molecule has 1 aliphatic rings. The number of aliphatic carboxylic acids is 1. The summed E-state index contributed by atoms with van der Waals surface area (Å²) in [7, 11) is 1.35. The van der Waals surface area contributed by atoms with Crippen molar-refractivity contribution in [2.75, 3.05) is 20.3 Å². The number of carbonyl (C=O) groups excluding carboxylic acids is 1. The van der Waals surface area contributed by atoms with Crippen LogP contribution in [-0.4, -0.2) is 63.7 Å². The molecule has 0 bridgehead atoms. The number of halogens is 3. The Morgan fingerprint density at radius 1 is 1.14 bits per heavy atom. The van der Waals surface area contributed by atoms with Gasteiger partial charge in [0.2, 0.25) is 0 Å². The van der Waals surface area contributed by atoms with Gasteiger partial charge in [-0.15, -0.1) is 0 Å². The molecular weight excluding hydrogens is 569 g/mol. The van der Waals surface area contributed by atoms with E-state index in [0.29, 0.717) is 35.4 Å². The predicted molar refractivity (Wildman–Crippen MR) is 154 cm³/mol. The summed E-state index contributed by atoms with van der Waals surface area (Å²) < 4.78 is 46.4. The monoisotopic (exact) mass is 602 g/mol. The third-order valence-electron chi connectivity index (χ3n) is 7.16. The van der Waals surface area contributed by atoms with E-state index in [9.17, 15) is 22.8 Å². The van der Waals surface area contributed by atoms with Crippen molar-refractivity contribution in [3.63, 3.8) is 0 Å². The molecule has 43 heavy (non-hydrogen) atoms. The minimum Gasteiger partial charge on any atom is -0.475 e. The summed E-state index contributed by atoms with van der Waals surface area (Å²) in [6.45, 7) is 2.67. The number of esters is 1. The molecule has 0 saturated carbocycles. The van der Waals surface area contributed by atoms with Crippen molar-refractivity contribution in [3.8, 4) is 11.3 Å². The molecule has 0 spiro atoms. The van der Waals surface area contributed by atoms with Gasteiger partial charge in [0.25, 0.3) is 5.56 Å². The largest absolute Gasteiger partial charge is 0.490 e. The third kappa shape index (κ3) is 7.41. The number of aryl methyl sites for hydroxylation is 1. The lowest BCUT2D eigenvalue weighted by Gasteiger charge is -2.13. The van der Waals surface area contributed by atoms with Gasteiger partial charge >= 0.3 is 18.1 Å². The van der Waals surface area contributed by atoms with Crippen molar-refractivity contribution in [3.05, 3.63) is 64.6 Å². The molecule has 4 aromatic rings. The highest BCUT2D eigenvalue weighted by atomic mass is 19.4. The van der Waals surface area contributed by atoms with Gasteiger partial charge in [-0.2, -0.15) is 13.2 Å². The second-order valence-electron chi connectivity index (χ2n) is 10.1. The summed E-state index contributed by atoms with van der Waals surface area (Å²) in [5.41, 5.74) is 9.45. The minimum atomic E-state index is -5.08. The van der Waals surface area contributed by atoms with Gasteiger partial charge in [0, 0.05) is 42.4 Å². The zero-order chi connectivity index (χ0) is 31.1. The second-order valence-corrected chi connectivity index (χ2v) is 10.1.